The highest BCUT2D eigenvalue weighted by atomic mass is 16.7. The number of carbonyl (C=O) groups excluding carboxylic acids is 5. The molecule has 6 aliphatic rings. The molecule has 1 heterocycles. The van der Waals surface area contributed by atoms with Gasteiger partial charge in [0, 0.05) is 39.5 Å². The summed E-state index contributed by atoms with van der Waals surface area (Å²) in [5.74, 6) is -1.24. The molecule has 0 aromatic rings. The Hall–Kier alpha value is -2.79. The molecule has 0 spiro atoms. The van der Waals surface area contributed by atoms with E-state index in [0.29, 0.717) is 30.5 Å². The number of hydrogen-bond acceptors (Lipinski definition) is 11. The lowest BCUT2D eigenvalue weighted by Crippen LogP contribution is -2.66. The summed E-state index contributed by atoms with van der Waals surface area (Å²) in [6.45, 7) is 21.1. The third-order valence-corrected chi connectivity index (χ3v) is 16.6. The number of allylic oxidation sites excluding steroid dienone is 2. The SMILES string of the molecule is CC(=O)OCC1O[C@@H]([C@H](O)C[C@]23CCC(C)(C)CC2C2=CCC4[C@@]5(C)CCC(=O)C(C)(C)C5CC[C@@]4(C)[C@]2(C)CC3)C(OC(C)=O)[C@@H](OC(C)=O)[C@@H]1OC(C)=O. The lowest BCUT2D eigenvalue weighted by Gasteiger charge is -2.71. The van der Waals surface area contributed by atoms with Crippen molar-refractivity contribution in [2.75, 3.05) is 6.61 Å². The molecule has 1 aliphatic heterocycles. The number of aliphatic hydroxyl groups excluding tert-OH is 1. The van der Waals surface area contributed by atoms with E-state index in [-0.39, 0.29) is 45.0 Å². The summed E-state index contributed by atoms with van der Waals surface area (Å²) in [5.41, 5.74) is 1.05. The zero-order chi connectivity index (χ0) is 41.4. The molecule has 5 unspecified atom stereocenters. The molecule has 11 nitrogen and oxygen atoms in total. The van der Waals surface area contributed by atoms with Crippen LogP contribution in [0.5, 0.6) is 0 Å². The second-order valence-corrected chi connectivity index (χ2v) is 20.7. The van der Waals surface area contributed by atoms with Gasteiger partial charge in [-0.15, -0.1) is 0 Å². The second kappa shape index (κ2) is 14.8. The monoisotopic (exact) mass is 784 g/mol. The van der Waals surface area contributed by atoms with Crippen molar-refractivity contribution in [3.05, 3.63) is 11.6 Å². The Labute approximate surface area is 333 Å². The number of rotatable bonds is 8. The van der Waals surface area contributed by atoms with Gasteiger partial charge in [-0.05, 0) is 109 Å². The number of Topliss-reactive ketones (excluding diaryl/α,β-unsaturated/α-hetero) is 1. The highest BCUT2D eigenvalue weighted by Gasteiger charge is 2.69. The molecule has 1 N–H and O–H groups in total. The molecule has 314 valence electrons. The first-order chi connectivity index (χ1) is 25.9. The number of esters is 4. The van der Waals surface area contributed by atoms with Gasteiger partial charge in [0.25, 0.3) is 0 Å². The zero-order valence-electron chi connectivity index (χ0n) is 35.8. The van der Waals surface area contributed by atoms with Gasteiger partial charge in [0.15, 0.2) is 18.3 Å². The van der Waals surface area contributed by atoms with Crippen LogP contribution < -0.4 is 0 Å². The van der Waals surface area contributed by atoms with Crippen LogP contribution in [0.1, 0.15) is 147 Å². The first-order valence-corrected chi connectivity index (χ1v) is 21.1. The molecule has 13 atom stereocenters. The summed E-state index contributed by atoms with van der Waals surface area (Å²) in [5, 5.41) is 12.5. The lowest BCUT2D eigenvalue weighted by molar-refractivity contribution is -0.269. The quantitative estimate of drug-likeness (QED) is 0.151. The molecule has 0 radical (unpaired) electrons. The van der Waals surface area contributed by atoms with Crippen LogP contribution in [-0.2, 0) is 47.7 Å². The van der Waals surface area contributed by atoms with Crippen molar-refractivity contribution in [2.45, 2.75) is 183 Å². The molecule has 6 rings (SSSR count). The van der Waals surface area contributed by atoms with Gasteiger partial charge in [-0.2, -0.15) is 0 Å². The summed E-state index contributed by atoms with van der Waals surface area (Å²) in [4.78, 5) is 62.6. The predicted molar refractivity (Wildman–Crippen MR) is 207 cm³/mol. The molecule has 56 heavy (non-hydrogen) atoms. The van der Waals surface area contributed by atoms with Gasteiger partial charge < -0.3 is 28.8 Å². The minimum absolute atomic E-state index is 0.0466. The van der Waals surface area contributed by atoms with E-state index in [4.69, 9.17) is 23.7 Å². The van der Waals surface area contributed by atoms with Crippen LogP contribution in [0.3, 0.4) is 0 Å². The Balaban J connectivity index is 1.37. The Morgan fingerprint density at radius 2 is 1.39 bits per heavy atom. The van der Waals surface area contributed by atoms with E-state index in [1.807, 2.05) is 0 Å². The van der Waals surface area contributed by atoms with Crippen molar-refractivity contribution >= 4 is 29.7 Å². The molecule has 0 aromatic heterocycles. The molecule has 1 saturated heterocycles. The van der Waals surface area contributed by atoms with Crippen molar-refractivity contribution < 1.29 is 52.8 Å². The van der Waals surface area contributed by atoms with Crippen LogP contribution in [0, 0.1) is 50.2 Å². The first kappa shape index (κ1) is 42.8. The smallest absolute Gasteiger partial charge is 0.303 e. The van der Waals surface area contributed by atoms with Crippen LogP contribution in [0.15, 0.2) is 11.6 Å². The van der Waals surface area contributed by atoms with Gasteiger partial charge in [0.1, 0.15) is 24.6 Å². The van der Waals surface area contributed by atoms with E-state index in [1.165, 1.54) is 33.3 Å². The van der Waals surface area contributed by atoms with Crippen molar-refractivity contribution in [2.24, 2.45) is 50.2 Å². The second-order valence-electron chi connectivity index (χ2n) is 20.7. The Morgan fingerprint density at radius 3 is 2.02 bits per heavy atom. The van der Waals surface area contributed by atoms with E-state index >= 15 is 0 Å². The summed E-state index contributed by atoms with van der Waals surface area (Å²) in [6.07, 6.45) is 5.01. The molecular weight excluding hydrogens is 716 g/mol. The maximum atomic E-state index is 13.2. The standard InChI is InChI=1S/C45H68O11/c1-25(46)52-24-32-37(53-26(2)47)39(55-28(4)49)38(54-27(3)48)36(56-32)31(50)23-45-20-18-40(5,6)22-30(45)29-12-13-34-42(9)16-15-35(51)41(7,8)33(42)14-17-44(34,11)43(29,10)19-21-45/h12,30-34,36-39,50H,13-24H2,1-11H3/t30?,31-,32?,33?,34?,36+,37-,38?,39+,42+,43-,44-,45-/m1/s1. The van der Waals surface area contributed by atoms with Gasteiger partial charge in [-0.25, -0.2) is 0 Å². The Morgan fingerprint density at radius 1 is 0.786 bits per heavy atom. The number of ether oxygens (including phenoxy) is 5. The van der Waals surface area contributed by atoms with Crippen LogP contribution >= 0.6 is 0 Å². The summed E-state index contributed by atoms with van der Waals surface area (Å²) < 4.78 is 28.9. The molecule has 5 fully saturated rings. The number of aliphatic hydroxyl groups is 1. The van der Waals surface area contributed by atoms with Crippen LogP contribution in [0.2, 0.25) is 0 Å². The van der Waals surface area contributed by atoms with E-state index in [2.05, 4.69) is 54.5 Å². The fourth-order valence-electron chi connectivity index (χ4n) is 13.6. The number of carbonyl (C=O) groups is 5. The topological polar surface area (TPSA) is 152 Å². The largest absolute Gasteiger partial charge is 0.463 e. The van der Waals surface area contributed by atoms with Crippen molar-refractivity contribution in [1.82, 2.24) is 0 Å². The first-order valence-electron chi connectivity index (χ1n) is 21.1. The van der Waals surface area contributed by atoms with Crippen molar-refractivity contribution in [1.29, 1.82) is 0 Å². The molecule has 4 saturated carbocycles. The fraction of sp³-hybridized carbons (Fsp3) is 0.844. The average molecular weight is 785 g/mol. The van der Waals surface area contributed by atoms with Gasteiger partial charge in [0.2, 0.25) is 0 Å². The Bertz CT molecular complexity index is 1630. The lowest BCUT2D eigenvalue weighted by atomic mass is 9.33. The summed E-state index contributed by atoms with van der Waals surface area (Å²) in [7, 11) is 0. The molecule has 0 aromatic carbocycles. The highest BCUT2D eigenvalue weighted by Crippen LogP contribution is 2.76. The highest BCUT2D eigenvalue weighted by molar-refractivity contribution is 5.85. The van der Waals surface area contributed by atoms with Gasteiger partial charge in [-0.3, -0.25) is 24.0 Å². The van der Waals surface area contributed by atoms with Gasteiger partial charge in [0.05, 0.1) is 6.10 Å². The van der Waals surface area contributed by atoms with Gasteiger partial charge in [-0.1, -0.05) is 60.1 Å². The van der Waals surface area contributed by atoms with Crippen LogP contribution in [0.4, 0.5) is 0 Å². The molecule has 11 heteroatoms. The van der Waals surface area contributed by atoms with Crippen molar-refractivity contribution in [3.8, 4) is 0 Å². The molecule has 5 aliphatic carbocycles. The predicted octanol–water partition coefficient (Wildman–Crippen LogP) is 7.23. The summed E-state index contributed by atoms with van der Waals surface area (Å²) in [6, 6.07) is 0. The van der Waals surface area contributed by atoms with Crippen LogP contribution in [-0.4, -0.2) is 78.0 Å². The van der Waals surface area contributed by atoms with E-state index in [1.54, 1.807) is 0 Å². The molecule has 0 amide bonds. The number of ketones is 1. The van der Waals surface area contributed by atoms with Crippen LogP contribution in [0.25, 0.3) is 0 Å². The molecular formula is C45H68O11. The normalized spacial score (nSPS) is 42.9. The van der Waals surface area contributed by atoms with E-state index < -0.39 is 60.5 Å². The zero-order valence-corrected chi connectivity index (χ0v) is 35.8. The minimum Gasteiger partial charge on any atom is -0.463 e. The summed E-state index contributed by atoms with van der Waals surface area (Å²) >= 11 is 0. The fourth-order valence-corrected chi connectivity index (χ4v) is 13.6. The average Bonchev–Trinajstić information content (AvgIpc) is 3.07. The maximum absolute atomic E-state index is 13.2. The van der Waals surface area contributed by atoms with Crippen molar-refractivity contribution in [3.63, 3.8) is 0 Å². The van der Waals surface area contributed by atoms with E-state index in [0.717, 1.165) is 57.8 Å². The third kappa shape index (κ3) is 7.17. The number of fused-ring (bicyclic) bond motifs is 7. The minimum atomic E-state index is -1.32. The third-order valence-electron chi connectivity index (χ3n) is 16.6. The van der Waals surface area contributed by atoms with E-state index in [9.17, 15) is 29.1 Å². The number of hydrogen-bond donors (Lipinski definition) is 1. The molecule has 0 bridgehead atoms. The maximum Gasteiger partial charge on any atom is 0.303 e. The Kier molecular flexibility index (Phi) is 11.3. The van der Waals surface area contributed by atoms with Gasteiger partial charge >= 0.3 is 23.9 Å².